The van der Waals surface area contributed by atoms with Gasteiger partial charge in [-0.2, -0.15) is 0 Å². The molecule has 22 heavy (non-hydrogen) atoms. The maximum atomic E-state index is 5.57. The first-order valence-electron chi connectivity index (χ1n) is 7.51. The number of halogens is 2. The van der Waals surface area contributed by atoms with Crippen molar-refractivity contribution in [3.8, 4) is 5.88 Å². The van der Waals surface area contributed by atoms with E-state index in [0.717, 1.165) is 30.0 Å². The lowest BCUT2D eigenvalue weighted by molar-refractivity contribution is 0.114. The first-order valence-corrected chi connectivity index (χ1v) is 12.3. The third-order valence-corrected chi connectivity index (χ3v) is 4.91. The number of hydrogen-bond donors (Lipinski definition) is 0. The molecule has 1 fully saturated rings. The lowest BCUT2D eigenvalue weighted by Gasteiger charge is -2.25. The predicted octanol–water partition coefficient (Wildman–Crippen LogP) is 5.54. The van der Waals surface area contributed by atoms with E-state index in [0.29, 0.717) is 12.6 Å². The number of hydrogen-bond acceptors (Lipinski definition) is 4. The fourth-order valence-electron chi connectivity index (χ4n) is 1.73. The highest BCUT2D eigenvalue weighted by Gasteiger charge is 2.19. The van der Waals surface area contributed by atoms with E-state index >= 15 is 0 Å². The van der Waals surface area contributed by atoms with Crippen LogP contribution in [0, 0.1) is 0 Å². The van der Waals surface area contributed by atoms with Crippen molar-refractivity contribution in [2.75, 3.05) is 20.3 Å². The van der Waals surface area contributed by atoms with Crippen LogP contribution in [0.15, 0.2) is 22.8 Å². The number of aromatic nitrogens is 1. The molecule has 0 saturated heterocycles. The van der Waals surface area contributed by atoms with E-state index in [4.69, 9.17) is 14.0 Å². The average Bonchev–Trinajstić information content (AvgIpc) is 2.49. The summed E-state index contributed by atoms with van der Waals surface area (Å²) in [7, 11) is 1.74. The molecular weight excluding hydrogens is 480 g/mol. The standard InChI is InChI=1S/C9H10BrNO.C6H14IO2P/c10-7-4-5-9(11-6-7)12-8-2-1-3-8;1-8-5-3-2-4-6-9-10-7/h4-6,8H,1-3H2;10H,2-6H2,1H3. The van der Waals surface area contributed by atoms with Gasteiger partial charge in [0, 0.05) is 30.5 Å². The van der Waals surface area contributed by atoms with Crippen LogP contribution in [0.1, 0.15) is 38.5 Å². The summed E-state index contributed by atoms with van der Waals surface area (Å²) in [6, 6.07) is 3.84. The number of pyridine rings is 1. The molecule has 4 nitrogen and oxygen atoms in total. The third kappa shape index (κ3) is 10.3. The molecule has 1 aromatic heterocycles. The lowest BCUT2D eigenvalue weighted by Crippen LogP contribution is -2.24. The summed E-state index contributed by atoms with van der Waals surface area (Å²) < 4.78 is 16.7. The molecule has 7 heteroatoms. The monoisotopic (exact) mass is 503 g/mol. The highest BCUT2D eigenvalue weighted by atomic mass is 127. The summed E-state index contributed by atoms with van der Waals surface area (Å²) in [5.41, 5.74) is 0. The summed E-state index contributed by atoms with van der Waals surface area (Å²) in [5.74, 6) is 0.739. The van der Waals surface area contributed by atoms with Crippen LogP contribution >= 0.6 is 44.4 Å². The van der Waals surface area contributed by atoms with E-state index in [1.54, 1.807) is 13.3 Å². The normalized spacial score (nSPS) is 14.5. The Morgan fingerprint density at radius 1 is 1.27 bits per heavy atom. The third-order valence-electron chi connectivity index (χ3n) is 3.19. The average molecular weight is 504 g/mol. The number of methoxy groups -OCH3 is 1. The van der Waals surface area contributed by atoms with Gasteiger partial charge in [0.2, 0.25) is 5.88 Å². The Labute approximate surface area is 156 Å². The summed E-state index contributed by atoms with van der Waals surface area (Å²) >= 11 is 5.56. The van der Waals surface area contributed by atoms with Gasteiger partial charge in [-0.3, -0.25) is 0 Å². The first-order chi connectivity index (χ1) is 10.8. The van der Waals surface area contributed by atoms with Gasteiger partial charge >= 0.3 is 0 Å². The second kappa shape index (κ2) is 13.9. The molecule has 1 heterocycles. The highest BCUT2D eigenvalue weighted by Crippen LogP contribution is 2.24. The van der Waals surface area contributed by atoms with Crippen molar-refractivity contribution in [1.82, 2.24) is 4.98 Å². The minimum atomic E-state index is 0.415. The molecule has 1 aliphatic carbocycles. The minimum Gasteiger partial charge on any atom is -0.474 e. The molecule has 126 valence electrons. The van der Waals surface area contributed by atoms with Crippen molar-refractivity contribution in [3.05, 3.63) is 22.8 Å². The van der Waals surface area contributed by atoms with Gasteiger partial charge in [0.1, 0.15) is 6.10 Å². The second-order valence-corrected chi connectivity index (χ2v) is 7.64. The van der Waals surface area contributed by atoms with Gasteiger partial charge in [0.25, 0.3) is 0 Å². The quantitative estimate of drug-likeness (QED) is 0.252. The summed E-state index contributed by atoms with van der Waals surface area (Å²) in [6.45, 7) is 2.40. The molecule has 1 atom stereocenters. The molecule has 0 radical (unpaired) electrons. The fourth-order valence-corrected chi connectivity index (χ4v) is 2.84. The molecule has 1 saturated carbocycles. The summed E-state index contributed by atoms with van der Waals surface area (Å²) in [4.78, 5) is 4.13. The highest BCUT2D eigenvalue weighted by molar-refractivity contribution is 14.2. The Bertz CT molecular complexity index is 372. The van der Waals surface area contributed by atoms with Gasteiger partial charge in [0.15, 0.2) is 0 Å². The molecule has 1 unspecified atom stereocenters. The van der Waals surface area contributed by atoms with Gasteiger partial charge in [-0.05, 0) is 82.6 Å². The van der Waals surface area contributed by atoms with Crippen LogP contribution in [0.3, 0.4) is 0 Å². The van der Waals surface area contributed by atoms with Crippen molar-refractivity contribution < 1.29 is 14.0 Å². The molecule has 0 amide bonds. The van der Waals surface area contributed by atoms with Gasteiger partial charge in [-0.15, -0.1) is 0 Å². The summed E-state index contributed by atoms with van der Waals surface area (Å²) in [6.07, 6.45) is 9.36. The van der Waals surface area contributed by atoms with Crippen LogP contribution in [0.2, 0.25) is 0 Å². The largest absolute Gasteiger partial charge is 0.474 e. The number of ether oxygens (including phenoxy) is 2. The molecule has 0 aromatic carbocycles. The van der Waals surface area contributed by atoms with Crippen LogP contribution in [-0.2, 0) is 9.26 Å². The van der Waals surface area contributed by atoms with E-state index in [2.05, 4.69) is 43.0 Å². The second-order valence-electron chi connectivity index (χ2n) is 4.96. The first kappa shape index (κ1) is 20.6. The summed E-state index contributed by atoms with van der Waals surface area (Å²) in [5, 5.41) is 0. The molecular formula is C15H24BrINO3P. The molecule has 1 aromatic rings. The Morgan fingerprint density at radius 2 is 2.05 bits per heavy atom. The van der Waals surface area contributed by atoms with Crippen LogP contribution in [0.25, 0.3) is 0 Å². The van der Waals surface area contributed by atoms with Crippen molar-refractivity contribution in [1.29, 1.82) is 0 Å². The van der Waals surface area contributed by atoms with Crippen molar-refractivity contribution in [2.45, 2.75) is 44.6 Å². The zero-order valence-electron chi connectivity index (χ0n) is 12.9. The van der Waals surface area contributed by atoms with E-state index in [-0.39, 0.29) is 0 Å². The number of nitrogens with zero attached hydrogens (tertiary/aromatic N) is 1. The van der Waals surface area contributed by atoms with Gasteiger partial charge in [-0.25, -0.2) is 4.98 Å². The smallest absolute Gasteiger partial charge is 0.213 e. The lowest BCUT2D eigenvalue weighted by atomic mass is 9.96. The molecule has 0 bridgehead atoms. The minimum absolute atomic E-state index is 0.415. The SMILES string of the molecule is Brc1ccc(OC2CCC2)nc1.COCCCCCOPI. The molecule has 0 aliphatic heterocycles. The molecule has 0 spiro atoms. The number of rotatable bonds is 9. The van der Waals surface area contributed by atoms with Crippen LogP contribution in [-0.4, -0.2) is 31.4 Å². The van der Waals surface area contributed by atoms with Gasteiger partial charge < -0.3 is 14.0 Å². The van der Waals surface area contributed by atoms with E-state index in [1.165, 1.54) is 32.1 Å². The van der Waals surface area contributed by atoms with Crippen molar-refractivity contribution in [3.63, 3.8) is 0 Å². The molecule has 0 N–H and O–H groups in total. The van der Waals surface area contributed by atoms with Gasteiger partial charge in [-0.1, -0.05) is 0 Å². The Kier molecular flexibility index (Phi) is 13.0. The van der Waals surface area contributed by atoms with E-state index < -0.39 is 0 Å². The van der Waals surface area contributed by atoms with Crippen molar-refractivity contribution >= 4 is 44.4 Å². The maximum absolute atomic E-state index is 5.57. The number of unbranched alkanes of at least 4 members (excludes halogenated alkanes) is 2. The van der Waals surface area contributed by atoms with Crippen LogP contribution in [0.5, 0.6) is 5.88 Å². The van der Waals surface area contributed by atoms with Gasteiger partial charge in [0.05, 0.1) is 13.1 Å². The zero-order valence-corrected chi connectivity index (χ0v) is 17.6. The Balaban J connectivity index is 0.000000225. The topological polar surface area (TPSA) is 40.6 Å². The molecule has 2 rings (SSSR count). The maximum Gasteiger partial charge on any atom is 0.213 e. The van der Waals surface area contributed by atoms with Crippen molar-refractivity contribution in [2.24, 2.45) is 0 Å². The Morgan fingerprint density at radius 3 is 2.59 bits per heavy atom. The fraction of sp³-hybridized carbons (Fsp3) is 0.667. The van der Waals surface area contributed by atoms with Crippen LogP contribution < -0.4 is 4.74 Å². The molecule has 1 aliphatic rings. The van der Waals surface area contributed by atoms with E-state index in [9.17, 15) is 0 Å². The Hall–Kier alpha value is 0.510. The predicted molar refractivity (Wildman–Crippen MR) is 104 cm³/mol. The zero-order chi connectivity index (χ0) is 16.0. The van der Waals surface area contributed by atoms with E-state index in [1.807, 2.05) is 12.1 Å². The van der Waals surface area contributed by atoms with Crippen LogP contribution in [0.4, 0.5) is 0 Å².